The van der Waals surface area contributed by atoms with Crippen LogP contribution < -0.4 is 5.32 Å². The molecule has 1 aliphatic heterocycles. The van der Waals surface area contributed by atoms with E-state index in [0.29, 0.717) is 0 Å². The summed E-state index contributed by atoms with van der Waals surface area (Å²) in [6.45, 7) is 0.891. The number of fused-ring (bicyclic) bond motifs is 1. The van der Waals surface area contributed by atoms with Crippen molar-refractivity contribution in [3.05, 3.63) is 29.9 Å². The maximum absolute atomic E-state index is 5.13. The highest BCUT2D eigenvalue weighted by atomic mass is 16.3. The number of nitrogens with one attached hydrogen (secondary N) is 1. The van der Waals surface area contributed by atoms with Crippen molar-refractivity contribution in [1.29, 1.82) is 0 Å². The van der Waals surface area contributed by atoms with Crippen LogP contribution in [-0.2, 0) is 6.54 Å². The highest BCUT2D eigenvalue weighted by Gasteiger charge is 2.04. The topological polar surface area (TPSA) is 25.2 Å². The average Bonchev–Trinajstić information content (AvgIpc) is 2.33. The Hall–Kier alpha value is -1.18. The van der Waals surface area contributed by atoms with Gasteiger partial charge in [-0.25, -0.2) is 0 Å². The van der Waals surface area contributed by atoms with Gasteiger partial charge in [0.15, 0.2) is 0 Å². The van der Waals surface area contributed by atoms with Gasteiger partial charge in [0.2, 0.25) is 0 Å². The van der Waals surface area contributed by atoms with Crippen molar-refractivity contribution in [1.82, 2.24) is 5.32 Å². The molecule has 0 aliphatic carbocycles. The van der Waals surface area contributed by atoms with Gasteiger partial charge < -0.3 is 9.73 Å². The number of hydrogen-bond donors (Lipinski definition) is 1. The van der Waals surface area contributed by atoms with Gasteiger partial charge >= 0.3 is 0 Å². The van der Waals surface area contributed by atoms with Gasteiger partial charge in [-0.3, -0.25) is 0 Å². The van der Waals surface area contributed by atoms with Crippen LogP contribution in [0.1, 0.15) is 11.3 Å². The molecule has 2 nitrogen and oxygen atoms in total. The summed E-state index contributed by atoms with van der Waals surface area (Å²) in [5.41, 5.74) is 1.23. The first-order valence-corrected chi connectivity index (χ1v) is 2.93. The highest BCUT2D eigenvalue weighted by molar-refractivity contribution is 5.49. The van der Waals surface area contributed by atoms with E-state index in [1.807, 2.05) is 18.3 Å². The molecule has 9 heavy (non-hydrogen) atoms. The molecule has 0 fully saturated rings. The quantitative estimate of drug-likeness (QED) is 0.560. The third-order valence-corrected chi connectivity index (χ3v) is 1.43. The average molecular weight is 121 g/mol. The Labute approximate surface area is 53.2 Å². The van der Waals surface area contributed by atoms with Crippen molar-refractivity contribution in [2.45, 2.75) is 6.54 Å². The molecule has 1 aromatic rings. The fourth-order valence-electron chi connectivity index (χ4n) is 0.943. The first-order valence-electron chi connectivity index (χ1n) is 2.93. The van der Waals surface area contributed by atoms with E-state index in [1.165, 1.54) is 5.56 Å². The molecule has 0 radical (unpaired) electrons. The summed E-state index contributed by atoms with van der Waals surface area (Å²) >= 11 is 0. The van der Waals surface area contributed by atoms with E-state index in [4.69, 9.17) is 4.42 Å². The zero-order valence-corrected chi connectivity index (χ0v) is 4.92. The molecular weight excluding hydrogens is 114 g/mol. The minimum atomic E-state index is 0.891. The second-order valence-electron chi connectivity index (χ2n) is 2.02. The summed E-state index contributed by atoms with van der Waals surface area (Å²) in [5.74, 6) is 0.980. The summed E-state index contributed by atoms with van der Waals surface area (Å²) in [7, 11) is 0. The fourth-order valence-corrected chi connectivity index (χ4v) is 0.943. The Morgan fingerprint density at radius 1 is 1.56 bits per heavy atom. The van der Waals surface area contributed by atoms with Gasteiger partial charge in [-0.2, -0.15) is 0 Å². The molecule has 2 heteroatoms. The Bertz CT molecular complexity index is 237. The largest absolute Gasteiger partial charge is 0.465 e. The van der Waals surface area contributed by atoms with Crippen LogP contribution in [0.5, 0.6) is 0 Å². The lowest BCUT2D eigenvalue weighted by atomic mass is 10.2. The van der Waals surface area contributed by atoms with Gasteiger partial charge in [-0.05, 0) is 12.1 Å². The molecule has 1 aliphatic rings. The second-order valence-corrected chi connectivity index (χ2v) is 2.02. The SMILES string of the molecule is C1=Cc2occc2CN1. The first kappa shape index (κ1) is 4.68. The van der Waals surface area contributed by atoms with E-state index in [-0.39, 0.29) is 0 Å². The van der Waals surface area contributed by atoms with Crippen molar-refractivity contribution < 1.29 is 4.42 Å². The van der Waals surface area contributed by atoms with E-state index in [2.05, 4.69) is 5.32 Å². The lowest BCUT2D eigenvalue weighted by Crippen LogP contribution is -2.07. The van der Waals surface area contributed by atoms with Gasteiger partial charge in [0.1, 0.15) is 5.76 Å². The molecule has 2 rings (SSSR count). The van der Waals surface area contributed by atoms with Crippen molar-refractivity contribution in [3.63, 3.8) is 0 Å². The zero-order valence-electron chi connectivity index (χ0n) is 4.92. The maximum Gasteiger partial charge on any atom is 0.133 e. The Morgan fingerprint density at radius 2 is 2.56 bits per heavy atom. The second kappa shape index (κ2) is 1.65. The standard InChI is InChI=1S/C7H7NO/c1-3-8-5-6-2-4-9-7(1)6/h1-4,8H,5H2. The van der Waals surface area contributed by atoms with Crippen LogP contribution in [0.4, 0.5) is 0 Å². The van der Waals surface area contributed by atoms with E-state index >= 15 is 0 Å². The Morgan fingerprint density at radius 3 is 3.44 bits per heavy atom. The monoisotopic (exact) mass is 121 g/mol. The first-order chi connectivity index (χ1) is 4.47. The third kappa shape index (κ3) is 0.633. The normalized spacial score (nSPS) is 14.7. The van der Waals surface area contributed by atoms with Gasteiger partial charge in [0.25, 0.3) is 0 Å². The summed E-state index contributed by atoms with van der Waals surface area (Å²) in [4.78, 5) is 0. The van der Waals surface area contributed by atoms with Crippen molar-refractivity contribution >= 4 is 6.08 Å². The molecule has 0 saturated heterocycles. The number of rotatable bonds is 0. The Kier molecular flexibility index (Phi) is 0.859. The van der Waals surface area contributed by atoms with Gasteiger partial charge in [-0.15, -0.1) is 0 Å². The number of hydrogen-bond acceptors (Lipinski definition) is 2. The van der Waals surface area contributed by atoms with Crippen LogP contribution in [0.2, 0.25) is 0 Å². The van der Waals surface area contributed by atoms with Crippen LogP contribution in [0.15, 0.2) is 22.9 Å². The molecule has 0 atom stereocenters. The molecule has 0 saturated carbocycles. The van der Waals surface area contributed by atoms with Crippen LogP contribution in [0, 0.1) is 0 Å². The van der Waals surface area contributed by atoms with E-state index in [1.54, 1.807) is 6.26 Å². The van der Waals surface area contributed by atoms with E-state index < -0.39 is 0 Å². The molecule has 0 bridgehead atoms. The summed E-state index contributed by atoms with van der Waals surface area (Å²) in [6.07, 6.45) is 5.53. The van der Waals surface area contributed by atoms with Crippen LogP contribution >= 0.6 is 0 Å². The van der Waals surface area contributed by atoms with E-state index in [0.717, 1.165) is 12.3 Å². The van der Waals surface area contributed by atoms with Crippen LogP contribution in [-0.4, -0.2) is 0 Å². The molecule has 1 N–H and O–H groups in total. The lowest BCUT2D eigenvalue weighted by Gasteiger charge is -2.03. The number of furan rings is 1. The maximum atomic E-state index is 5.13. The highest BCUT2D eigenvalue weighted by Crippen LogP contribution is 2.14. The molecule has 1 aromatic heterocycles. The minimum Gasteiger partial charge on any atom is -0.465 e. The van der Waals surface area contributed by atoms with Gasteiger partial charge in [-0.1, -0.05) is 0 Å². The van der Waals surface area contributed by atoms with Crippen LogP contribution in [0.25, 0.3) is 6.08 Å². The molecule has 0 unspecified atom stereocenters. The van der Waals surface area contributed by atoms with Crippen molar-refractivity contribution in [3.8, 4) is 0 Å². The molecule has 0 spiro atoms. The predicted octanol–water partition coefficient (Wildman–Crippen LogP) is 1.35. The van der Waals surface area contributed by atoms with Gasteiger partial charge in [0.05, 0.1) is 6.26 Å². The predicted molar refractivity (Wildman–Crippen MR) is 34.6 cm³/mol. The zero-order chi connectivity index (χ0) is 6.10. The fraction of sp³-hybridized carbons (Fsp3) is 0.143. The minimum absolute atomic E-state index is 0.891. The molecule has 46 valence electrons. The summed E-state index contributed by atoms with van der Waals surface area (Å²) in [6, 6.07) is 1.98. The molecular formula is C7H7NO. The Balaban J connectivity index is 2.53. The molecule has 0 aromatic carbocycles. The van der Waals surface area contributed by atoms with E-state index in [9.17, 15) is 0 Å². The van der Waals surface area contributed by atoms with Gasteiger partial charge in [0, 0.05) is 18.3 Å². The third-order valence-electron chi connectivity index (χ3n) is 1.43. The summed E-state index contributed by atoms with van der Waals surface area (Å²) < 4.78 is 5.13. The van der Waals surface area contributed by atoms with Crippen molar-refractivity contribution in [2.24, 2.45) is 0 Å². The molecule has 0 amide bonds. The smallest absolute Gasteiger partial charge is 0.133 e. The van der Waals surface area contributed by atoms with Crippen LogP contribution in [0.3, 0.4) is 0 Å². The summed E-state index contributed by atoms with van der Waals surface area (Å²) in [5, 5.41) is 3.09. The van der Waals surface area contributed by atoms with Crippen molar-refractivity contribution in [2.75, 3.05) is 0 Å². The lowest BCUT2D eigenvalue weighted by molar-refractivity contribution is 0.549. The molecule has 2 heterocycles.